The quantitative estimate of drug-likeness (QED) is 0.787. The molecule has 0 atom stereocenters. The van der Waals surface area contributed by atoms with Gasteiger partial charge in [-0.25, -0.2) is 0 Å². The van der Waals surface area contributed by atoms with Crippen molar-refractivity contribution in [3.8, 4) is 5.75 Å². The van der Waals surface area contributed by atoms with Gasteiger partial charge in [0, 0.05) is 6.04 Å². The third-order valence-electron chi connectivity index (χ3n) is 3.93. The molecule has 122 valence electrons. The van der Waals surface area contributed by atoms with E-state index in [0.29, 0.717) is 12.6 Å². The first kappa shape index (κ1) is 16.8. The minimum atomic E-state index is -0.0101. The number of ether oxygens (including phenoxy) is 1. The monoisotopic (exact) mass is 304 g/mol. The maximum absolute atomic E-state index is 12.1. The molecule has 2 rings (SSSR count). The van der Waals surface area contributed by atoms with Crippen LogP contribution in [0.2, 0.25) is 0 Å². The average Bonchev–Trinajstić information content (AvgIpc) is 2.75. The molecule has 0 bridgehead atoms. The van der Waals surface area contributed by atoms with Gasteiger partial charge in [0.1, 0.15) is 5.75 Å². The van der Waals surface area contributed by atoms with Crippen LogP contribution in [0.4, 0.5) is 5.69 Å². The summed E-state index contributed by atoms with van der Waals surface area (Å²) in [6.45, 7) is 4.32. The summed E-state index contributed by atoms with van der Waals surface area (Å²) in [4.78, 5) is 12.1. The first-order valence-corrected chi connectivity index (χ1v) is 8.44. The van der Waals surface area contributed by atoms with Crippen LogP contribution in [-0.2, 0) is 4.79 Å². The van der Waals surface area contributed by atoms with Crippen molar-refractivity contribution in [2.24, 2.45) is 0 Å². The van der Waals surface area contributed by atoms with E-state index in [9.17, 15) is 4.79 Å². The predicted octanol–water partition coefficient (Wildman–Crippen LogP) is 3.72. The lowest BCUT2D eigenvalue weighted by molar-refractivity contribution is -0.115. The van der Waals surface area contributed by atoms with Crippen LogP contribution in [0.1, 0.15) is 52.4 Å². The number of para-hydroxylation sites is 2. The molecule has 0 spiro atoms. The van der Waals surface area contributed by atoms with Crippen LogP contribution in [0.15, 0.2) is 24.3 Å². The second-order valence-electron chi connectivity index (χ2n) is 6.28. The fraction of sp³-hybridized carbons (Fsp3) is 0.611. The lowest BCUT2D eigenvalue weighted by Gasteiger charge is -2.17. The summed E-state index contributed by atoms with van der Waals surface area (Å²) in [6.07, 6.45) is 7.63. The summed E-state index contributed by atoms with van der Waals surface area (Å²) in [5.41, 5.74) is 0.740. The Bertz CT molecular complexity index is 466. The van der Waals surface area contributed by atoms with Crippen molar-refractivity contribution in [3.05, 3.63) is 24.3 Å². The van der Waals surface area contributed by atoms with Gasteiger partial charge in [0.15, 0.2) is 0 Å². The molecule has 0 heterocycles. The molecule has 4 nitrogen and oxygen atoms in total. The number of hydrogen-bond acceptors (Lipinski definition) is 3. The fourth-order valence-electron chi connectivity index (χ4n) is 2.84. The zero-order chi connectivity index (χ0) is 15.8. The van der Waals surface area contributed by atoms with Crippen molar-refractivity contribution < 1.29 is 9.53 Å². The number of benzene rings is 1. The van der Waals surface area contributed by atoms with Gasteiger partial charge < -0.3 is 15.4 Å². The Morgan fingerprint density at radius 3 is 2.55 bits per heavy atom. The van der Waals surface area contributed by atoms with Crippen molar-refractivity contribution >= 4 is 11.6 Å². The third-order valence-corrected chi connectivity index (χ3v) is 3.93. The van der Waals surface area contributed by atoms with Crippen molar-refractivity contribution in [3.63, 3.8) is 0 Å². The van der Waals surface area contributed by atoms with Gasteiger partial charge in [-0.2, -0.15) is 0 Å². The summed E-state index contributed by atoms with van der Waals surface area (Å²) >= 11 is 0. The van der Waals surface area contributed by atoms with E-state index in [1.165, 1.54) is 38.5 Å². The van der Waals surface area contributed by atoms with Gasteiger partial charge in [-0.1, -0.05) is 37.8 Å². The van der Waals surface area contributed by atoms with E-state index in [1.54, 1.807) is 0 Å². The number of amides is 1. The predicted molar refractivity (Wildman–Crippen MR) is 90.3 cm³/mol. The smallest absolute Gasteiger partial charge is 0.238 e. The standard InChI is InChI=1S/C18H28N2O2/c1-14(2)22-17-12-8-7-11-16(17)20-18(21)13-19-15-9-5-3-4-6-10-15/h7-8,11-12,14-15,19H,3-6,9-10,13H2,1-2H3,(H,20,21). The number of carbonyl (C=O) groups is 1. The molecule has 0 aliphatic heterocycles. The maximum Gasteiger partial charge on any atom is 0.238 e. The Hall–Kier alpha value is -1.55. The Morgan fingerprint density at radius 1 is 1.18 bits per heavy atom. The van der Waals surface area contributed by atoms with Crippen molar-refractivity contribution in [2.45, 2.75) is 64.5 Å². The molecule has 2 N–H and O–H groups in total. The van der Waals surface area contributed by atoms with Gasteiger partial charge in [-0.05, 0) is 38.8 Å². The molecule has 1 saturated carbocycles. The largest absolute Gasteiger partial charge is 0.489 e. The number of anilines is 1. The van der Waals surface area contributed by atoms with Crippen LogP contribution in [-0.4, -0.2) is 24.6 Å². The minimum Gasteiger partial charge on any atom is -0.489 e. The van der Waals surface area contributed by atoms with Crippen molar-refractivity contribution in [2.75, 3.05) is 11.9 Å². The molecular formula is C18H28N2O2. The van der Waals surface area contributed by atoms with E-state index in [-0.39, 0.29) is 12.0 Å². The molecule has 1 aliphatic carbocycles. The van der Waals surface area contributed by atoms with E-state index in [0.717, 1.165) is 11.4 Å². The summed E-state index contributed by atoms with van der Waals surface area (Å²) in [5.74, 6) is 0.712. The molecule has 1 aliphatic rings. The number of hydrogen-bond donors (Lipinski definition) is 2. The lowest BCUT2D eigenvalue weighted by Crippen LogP contribution is -2.35. The average molecular weight is 304 g/mol. The Labute approximate surface area is 133 Å². The van der Waals surface area contributed by atoms with Gasteiger partial charge in [0.2, 0.25) is 5.91 Å². The van der Waals surface area contributed by atoms with Crippen LogP contribution >= 0.6 is 0 Å². The molecule has 1 aromatic rings. The minimum absolute atomic E-state index is 0.0101. The fourth-order valence-corrected chi connectivity index (χ4v) is 2.84. The molecule has 22 heavy (non-hydrogen) atoms. The summed E-state index contributed by atoms with van der Waals surface area (Å²) in [7, 11) is 0. The number of nitrogens with one attached hydrogen (secondary N) is 2. The molecule has 1 amide bonds. The van der Waals surface area contributed by atoms with Crippen LogP contribution in [0, 0.1) is 0 Å². The van der Waals surface area contributed by atoms with E-state index in [1.807, 2.05) is 38.1 Å². The summed E-state index contributed by atoms with van der Waals surface area (Å²) in [6, 6.07) is 8.06. The van der Waals surface area contributed by atoms with Gasteiger partial charge in [-0.3, -0.25) is 4.79 Å². The summed E-state index contributed by atoms with van der Waals surface area (Å²) < 4.78 is 5.72. The Morgan fingerprint density at radius 2 is 1.86 bits per heavy atom. The van der Waals surface area contributed by atoms with Crippen LogP contribution < -0.4 is 15.4 Å². The molecule has 0 unspecified atom stereocenters. The van der Waals surface area contributed by atoms with E-state index >= 15 is 0 Å². The van der Waals surface area contributed by atoms with Gasteiger partial charge in [0.05, 0.1) is 18.3 Å². The topological polar surface area (TPSA) is 50.4 Å². The van der Waals surface area contributed by atoms with E-state index < -0.39 is 0 Å². The Kier molecular flexibility index (Phi) is 6.72. The van der Waals surface area contributed by atoms with Crippen molar-refractivity contribution in [1.82, 2.24) is 5.32 Å². The molecule has 1 aromatic carbocycles. The first-order valence-electron chi connectivity index (χ1n) is 8.44. The number of rotatable bonds is 6. The Balaban J connectivity index is 1.83. The lowest BCUT2D eigenvalue weighted by atomic mass is 10.1. The molecule has 1 fully saturated rings. The molecule has 4 heteroatoms. The van der Waals surface area contributed by atoms with Gasteiger partial charge >= 0.3 is 0 Å². The van der Waals surface area contributed by atoms with Gasteiger partial charge in [0.25, 0.3) is 0 Å². The highest BCUT2D eigenvalue weighted by Gasteiger charge is 2.14. The highest BCUT2D eigenvalue weighted by Crippen LogP contribution is 2.24. The zero-order valence-electron chi connectivity index (χ0n) is 13.7. The maximum atomic E-state index is 12.1. The van der Waals surface area contributed by atoms with Crippen LogP contribution in [0.3, 0.4) is 0 Å². The van der Waals surface area contributed by atoms with E-state index in [4.69, 9.17) is 4.74 Å². The number of carbonyl (C=O) groups excluding carboxylic acids is 1. The van der Waals surface area contributed by atoms with E-state index in [2.05, 4.69) is 10.6 Å². The molecular weight excluding hydrogens is 276 g/mol. The van der Waals surface area contributed by atoms with Crippen molar-refractivity contribution in [1.29, 1.82) is 0 Å². The van der Waals surface area contributed by atoms with Crippen LogP contribution in [0.25, 0.3) is 0 Å². The second-order valence-corrected chi connectivity index (χ2v) is 6.28. The zero-order valence-corrected chi connectivity index (χ0v) is 13.7. The summed E-state index contributed by atoms with van der Waals surface area (Å²) in [5, 5.41) is 6.33. The second kappa shape index (κ2) is 8.79. The molecule has 0 radical (unpaired) electrons. The SMILES string of the molecule is CC(C)Oc1ccccc1NC(=O)CNC1CCCCCC1. The molecule has 0 saturated heterocycles. The molecule has 0 aromatic heterocycles. The highest BCUT2D eigenvalue weighted by molar-refractivity contribution is 5.93. The van der Waals surface area contributed by atoms with Gasteiger partial charge in [-0.15, -0.1) is 0 Å². The highest BCUT2D eigenvalue weighted by atomic mass is 16.5. The normalized spacial score (nSPS) is 16.3. The third kappa shape index (κ3) is 5.68. The first-order chi connectivity index (χ1) is 10.6. The van der Waals surface area contributed by atoms with Crippen LogP contribution in [0.5, 0.6) is 5.75 Å².